The van der Waals surface area contributed by atoms with Crippen LogP contribution >= 0.6 is 0 Å². The van der Waals surface area contributed by atoms with Crippen LogP contribution < -0.4 is 0 Å². The fourth-order valence-electron chi connectivity index (χ4n) is 2.09. The number of sulfonamides is 1. The quantitative estimate of drug-likeness (QED) is 0.627. The van der Waals surface area contributed by atoms with Crippen LogP contribution in [-0.4, -0.2) is 30.7 Å². The minimum Gasteiger partial charge on any atom is -0.258 e. The number of aryl methyl sites for hydroxylation is 1. The van der Waals surface area contributed by atoms with Gasteiger partial charge in [0.05, 0.1) is 9.82 Å². The molecular weight excluding hydrogens is 304 g/mol. The van der Waals surface area contributed by atoms with Crippen LogP contribution in [-0.2, 0) is 10.0 Å². The molecule has 1 aromatic rings. The predicted molar refractivity (Wildman–Crippen MR) is 86.4 cm³/mol. The van der Waals surface area contributed by atoms with Crippen LogP contribution in [0.1, 0.15) is 38.8 Å². The fourth-order valence-corrected chi connectivity index (χ4v) is 3.95. The average molecular weight is 328 g/mol. The van der Waals surface area contributed by atoms with Crippen molar-refractivity contribution in [3.05, 3.63) is 33.4 Å². The second kappa shape index (κ2) is 5.96. The Hall–Kier alpha value is -1.47. The number of hydrogen-bond acceptors (Lipinski definition) is 4. The van der Waals surface area contributed by atoms with E-state index in [9.17, 15) is 18.5 Å². The molecule has 1 aromatic carbocycles. The molecule has 0 aromatic heterocycles. The maximum absolute atomic E-state index is 12.9. The van der Waals surface area contributed by atoms with Gasteiger partial charge in [0.25, 0.3) is 5.69 Å². The summed E-state index contributed by atoms with van der Waals surface area (Å²) in [5, 5.41) is 11.0. The fraction of sp³-hybridized carbons (Fsp3) is 0.600. The lowest BCUT2D eigenvalue weighted by atomic mass is 9.88. The number of nitrogens with zero attached hydrogens (tertiary/aromatic N) is 2. The highest BCUT2D eigenvalue weighted by molar-refractivity contribution is 7.89. The maximum Gasteiger partial charge on any atom is 0.271 e. The first-order valence-corrected chi connectivity index (χ1v) is 8.47. The Morgan fingerprint density at radius 1 is 1.23 bits per heavy atom. The Kier molecular flexibility index (Phi) is 5.04. The van der Waals surface area contributed by atoms with Gasteiger partial charge in [0.1, 0.15) is 0 Å². The van der Waals surface area contributed by atoms with E-state index >= 15 is 0 Å². The summed E-state index contributed by atoms with van der Waals surface area (Å²) < 4.78 is 27.0. The van der Waals surface area contributed by atoms with Gasteiger partial charge in [-0.1, -0.05) is 20.8 Å². The smallest absolute Gasteiger partial charge is 0.258 e. The molecule has 0 amide bonds. The number of rotatable bonds is 4. The van der Waals surface area contributed by atoms with Crippen molar-refractivity contribution in [2.45, 2.75) is 52.5 Å². The summed E-state index contributed by atoms with van der Waals surface area (Å²) in [4.78, 5) is 10.4. The van der Waals surface area contributed by atoms with Crippen LogP contribution in [0.15, 0.2) is 17.0 Å². The van der Waals surface area contributed by atoms with E-state index in [1.807, 2.05) is 27.7 Å². The summed E-state index contributed by atoms with van der Waals surface area (Å²) in [6, 6.07) is 2.28. The molecule has 22 heavy (non-hydrogen) atoms. The van der Waals surface area contributed by atoms with Gasteiger partial charge in [-0.15, -0.1) is 0 Å². The molecule has 0 aliphatic carbocycles. The Bertz CT molecular complexity index is 690. The second-order valence-corrected chi connectivity index (χ2v) is 8.67. The van der Waals surface area contributed by atoms with E-state index in [2.05, 4.69) is 0 Å². The lowest BCUT2D eigenvalue weighted by Gasteiger charge is -2.34. The molecule has 7 heteroatoms. The summed E-state index contributed by atoms with van der Waals surface area (Å²) in [7, 11) is -2.29. The molecule has 0 saturated carbocycles. The van der Waals surface area contributed by atoms with Crippen molar-refractivity contribution in [1.82, 2.24) is 4.31 Å². The van der Waals surface area contributed by atoms with Gasteiger partial charge in [0.2, 0.25) is 10.0 Å². The molecule has 0 aliphatic heterocycles. The van der Waals surface area contributed by atoms with E-state index in [-0.39, 0.29) is 22.0 Å². The van der Waals surface area contributed by atoms with E-state index in [0.717, 1.165) is 6.07 Å². The molecule has 124 valence electrons. The minimum absolute atomic E-state index is 0.00204. The first kappa shape index (κ1) is 18.6. The molecule has 0 saturated heterocycles. The van der Waals surface area contributed by atoms with E-state index in [4.69, 9.17) is 0 Å². The molecule has 0 N–H and O–H groups in total. The van der Waals surface area contributed by atoms with Gasteiger partial charge in [-0.3, -0.25) is 10.1 Å². The summed E-state index contributed by atoms with van der Waals surface area (Å²) in [6.45, 7) is 11.0. The first-order chi connectivity index (χ1) is 9.80. The van der Waals surface area contributed by atoms with Gasteiger partial charge in [-0.2, -0.15) is 4.31 Å². The molecule has 1 unspecified atom stereocenters. The van der Waals surface area contributed by atoms with E-state index in [1.165, 1.54) is 17.4 Å². The molecule has 0 bridgehead atoms. The zero-order valence-electron chi connectivity index (χ0n) is 14.2. The van der Waals surface area contributed by atoms with Gasteiger partial charge in [-0.05, 0) is 37.3 Å². The van der Waals surface area contributed by atoms with Gasteiger partial charge in [-0.25, -0.2) is 8.42 Å². The lowest BCUT2D eigenvalue weighted by molar-refractivity contribution is -0.385. The van der Waals surface area contributed by atoms with Crippen molar-refractivity contribution < 1.29 is 13.3 Å². The largest absolute Gasteiger partial charge is 0.271 e. The van der Waals surface area contributed by atoms with Crippen LogP contribution in [0.3, 0.4) is 0 Å². The summed E-state index contributed by atoms with van der Waals surface area (Å²) >= 11 is 0. The van der Waals surface area contributed by atoms with Crippen LogP contribution in [0.2, 0.25) is 0 Å². The number of benzene rings is 1. The summed E-state index contributed by atoms with van der Waals surface area (Å²) in [5.74, 6) is 0. The third-order valence-corrected chi connectivity index (χ3v) is 6.33. The van der Waals surface area contributed by atoms with Crippen molar-refractivity contribution >= 4 is 15.7 Å². The number of hydrogen-bond donors (Lipinski definition) is 0. The molecule has 0 aliphatic rings. The van der Waals surface area contributed by atoms with Crippen LogP contribution in [0.25, 0.3) is 0 Å². The highest BCUT2D eigenvalue weighted by Gasteiger charge is 2.34. The van der Waals surface area contributed by atoms with Gasteiger partial charge < -0.3 is 0 Å². The third-order valence-electron chi connectivity index (χ3n) is 4.27. The number of non-ortho nitro benzene ring substituents is 1. The Labute approximate surface area is 132 Å². The van der Waals surface area contributed by atoms with Crippen molar-refractivity contribution in [3.63, 3.8) is 0 Å². The van der Waals surface area contributed by atoms with Crippen LogP contribution in [0, 0.1) is 29.4 Å². The normalized spacial score (nSPS) is 14.2. The molecule has 6 nitrogen and oxygen atoms in total. The Morgan fingerprint density at radius 3 is 2.14 bits per heavy atom. The van der Waals surface area contributed by atoms with Crippen molar-refractivity contribution in [3.8, 4) is 0 Å². The lowest BCUT2D eigenvalue weighted by Crippen LogP contribution is -2.43. The predicted octanol–water partition coefficient (Wildman–Crippen LogP) is 3.27. The molecule has 0 fully saturated rings. The van der Waals surface area contributed by atoms with Crippen molar-refractivity contribution in [2.24, 2.45) is 5.41 Å². The molecule has 0 spiro atoms. The summed E-state index contributed by atoms with van der Waals surface area (Å²) in [5.41, 5.74) is 0.674. The maximum atomic E-state index is 12.9. The highest BCUT2D eigenvalue weighted by atomic mass is 32.2. The Balaban J connectivity index is 3.49. The number of nitro groups is 1. The van der Waals surface area contributed by atoms with Crippen molar-refractivity contribution in [1.29, 1.82) is 0 Å². The monoisotopic (exact) mass is 328 g/mol. The summed E-state index contributed by atoms with van der Waals surface area (Å²) in [6.07, 6.45) is 0. The molecular formula is C15H24N2O4S. The third kappa shape index (κ3) is 3.47. The van der Waals surface area contributed by atoms with Crippen LogP contribution in [0.4, 0.5) is 5.69 Å². The Morgan fingerprint density at radius 2 is 1.73 bits per heavy atom. The van der Waals surface area contributed by atoms with Crippen LogP contribution in [0.5, 0.6) is 0 Å². The second-order valence-electron chi connectivity index (χ2n) is 6.71. The molecule has 0 heterocycles. The van der Waals surface area contributed by atoms with Crippen molar-refractivity contribution in [2.75, 3.05) is 7.05 Å². The standard InChI is InChI=1S/C15H24N2O4S/c1-10-8-13(17(18)19)9-14(11(10)2)22(20,21)16(7)12(3)15(4,5)6/h8-9,12H,1-7H3. The van der Waals surface area contributed by atoms with E-state index in [1.54, 1.807) is 13.8 Å². The molecule has 1 rings (SSSR count). The molecule has 0 radical (unpaired) electrons. The topological polar surface area (TPSA) is 80.5 Å². The van der Waals surface area contributed by atoms with E-state index < -0.39 is 14.9 Å². The van der Waals surface area contributed by atoms with Gasteiger partial charge in [0.15, 0.2) is 0 Å². The molecule has 1 atom stereocenters. The highest BCUT2D eigenvalue weighted by Crippen LogP contribution is 2.31. The zero-order valence-corrected chi connectivity index (χ0v) is 15.0. The SMILES string of the molecule is Cc1cc([N+](=O)[O-])cc(S(=O)(=O)N(C)C(C)C(C)(C)C)c1C. The van der Waals surface area contributed by atoms with Gasteiger partial charge in [0, 0.05) is 25.2 Å². The minimum atomic E-state index is -3.80. The zero-order chi connectivity index (χ0) is 17.5. The first-order valence-electron chi connectivity index (χ1n) is 7.03. The average Bonchev–Trinajstić information content (AvgIpc) is 2.38. The van der Waals surface area contributed by atoms with E-state index in [0.29, 0.717) is 11.1 Å². The number of nitro benzene ring substituents is 1. The van der Waals surface area contributed by atoms with Gasteiger partial charge >= 0.3 is 0 Å².